The Labute approximate surface area is 184 Å². The molecule has 172 valence electrons. The number of nitrogens with two attached hydrogens (primary N) is 1. The fraction of sp³-hybridized carbons (Fsp3) is 0.478. The van der Waals surface area contributed by atoms with Crippen LogP contribution >= 0.6 is 0 Å². The summed E-state index contributed by atoms with van der Waals surface area (Å²) in [7, 11) is 0. The Morgan fingerprint density at radius 3 is 2.53 bits per heavy atom. The van der Waals surface area contributed by atoms with Gasteiger partial charge in [-0.1, -0.05) is 6.07 Å². The maximum atomic E-state index is 14.0. The molecule has 2 aliphatic rings. The summed E-state index contributed by atoms with van der Waals surface area (Å²) in [4.78, 5) is 18.8. The van der Waals surface area contributed by atoms with Crippen molar-refractivity contribution in [3.63, 3.8) is 0 Å². The van der Waals surface area contributed by atoms with E-state index in [-0.39, 0.29) is 12.1 Å². The van der Waals surface area contributed by atoms with Crippen LogP contribution in [0.25, 0.3) is 0 Å². The zero-order valence-electron chi connectivity index (χ0n) is 17.7. The summed E-state index contributed by atoms with van der Waals surface area (Å²) in [6.07, 6.45) is 1.25. The van der Waals surface area contributed by atoms with Gasteiger partial charge in [0.2, 0.25) is 5.91 Å². The largest absolute Gasteiger partial charge is 0.381 e. The third-order valence-electron chi connectivity index (χ3n) is 6.06. The summed E-state index contributed by atoms with van der Waals surface area (Å²) in [6, 6.07) is 6.30. The zero-order chi connectivity index (χ0) is 22.7. The van der Waals surface area contributed by atoms with Crippen LogP contribution in [0.5, 0.6) is 0 Å². The molecular formula is C23H27F3N4O2. The molecule has 2 fully saturated rings. The molecule has 2 saturated heterocycles. The van der Waals surface area contributed by atoms with E-state index in [0.29, 0.717) is 36.1 Å². The van der Waals surface area contributed by atoms with Crippen molar-refractivity contribution in [1.82, 2.24) is 4.98 Å². The molecule has 2 aromatic rings. The lowest BCUT2D eigenvalue weighted by molar-refractivity contribution is -0.118. The van der Waals surface area contributed by atoms with E-state index >= 15 is 0 Å². The van der Waals surface area contributed by atoms with Gasteiger partial charge < -0.3 is 20.7 Å². The van der Waals surface area contributed by atoms with Crippen LogP contribution in [-0.2, 0) is 9.53 Å². The van der Waals surface area contributed by atoms with Gasteiger partial charge in [0.1, 0.15) is 29.4 Å². The molecule has 2 aliphatic heterocycles. The Hall–Kier alpha value is -2.81. The van der Waals surface area contributed by atoms with Crippen LogP contribution in [-0.4, -0.2) is 49.9 Å². The van der Waals surface area contributed by atoms with Gasteiger partial charge in [0.05, 0.1) is 12.5 Å². The molecule has 0 radical (unpaired) electrons. The minimum Gasteiger partial charge on any atom is -0.381 e. The van der Waals surface area contributed by atoms with Crippen molar-refractivity contribution in [3.8, 4) is 0 Å². The molecule has 0 saturated carbocycles. The number of benzene rings is 1. The highest BCUT2D eigenvalue weighted by Gasteiger charge is 2.31. The van der Waals surface area contributed by atoms with Gasteiger partial charge in [-0.25, -0.2) is 18.2 Å². The first kappa shape index (κ1) is 22.4. The highest BCUT2D eigenvalue weighted by molar-refractivity contribution is 5.87. The second kappa shape index (κ2) is 9.77. The summed E-state index contributed by atoms with van der Waals surface area (Å²) in [5.41, 5.74) is 6.15. The van der Waals surface area contributed by atoms with Crippen molar-refractivity contribution in [3.05, 3.63) is 53.1 Å². The molecular weight excluding hydrogens is 421 g/mol. The number of amides is 1. The van der Waals surface area contributed by atoms with E-state index in [2.05, 4.69) is 10.3 Å². The first-order chi connectivity index (χ1) is 15.4. The summed E-state index contributed by atoms with van der Waals surface area (Å²) in [5.74, 6) is -2.05. The Morgan fingerprint density at radius 1 is 1.19 bits per heavy atom. The summed E-state index contributed by atoms with van der Waals surface area (Å²) < 4.78 is 47.1. The number of carbonyl (C=O) groups excluding carboxylic acids is 1. The van der Waals surface area contributed by atoms with Crippen LogP contribution in [0.1, 0.15) is 36.3 Å². The van der Waals surface area contributed by atoms with Gasteiger partial charge in [0, 0.05) is 37.9 Å². The second-order valence-corrected chi connectivity index (χ2v) is 8.42. The SMILES string of the molecule is NC(=O)C(c1cc(F)cc(F)c1)c1ccc(NCC2CCOCC2)nc1N1CCC(F)C1. The summed E-state index contributed by atoms with van der Waals surface area (Å²) >= 11 is 0. The topological polar surface area (TPSA) is 80.5 Å². The Bertz CT molecular complexity index is 948. The Kier molecular flexibility index (Phi) is 6.83. The van der Waals surface area contributed by atoms with Crippen molar-refractivity contribution < 1.29 is 22.7 Å². The number of halogens is 3. The van der Waals surface area contributed by atoms with Crippen molar-refractivity contribution in [2.24, 2.45) is 11.7 Å². The summed E-state index contributed by atoms with van der Waals surface area (Å²) in [6.45, 7) is 2.75. The highest BCUT2D eigenvalue weighted by Crippen LogP contribution is 2.35. The molecule has 1 aromatic carbocycles. The molecule has 6 nitrogen and oxygen atoms in total. The third-order valence-corrected chi connectivity index (χ3v) is 6.06. The van der Waals surface area contributed by atoms with Gasteiger partial charge in [0.15, 0.2) is 0 Å². The number of hydrogen-bond donors (Lipinski definition) is 2. The molecule has 1 aromatic heterocycles. The maximum absolute atomic E-state index is 14.0. The van der Waals surface area contributed by atoms with Crippen molar-refractivity contribution >= 4 is 17.5 Å². The van der Waals surface area contributed by atoms with E-state index in [0.717, 1.165) is 50.8 Å². The number of hydrogen-bond acceptors (Lipinski definition) is 5. The maximum Gasteiger partial charge on any atom is 0.229 e. The van der Waals surface area contributed by atoms with E-state index in [4.69, 9.17) is 10.5 Å². The van der Waals surface area contributed by atoms with Crippen LogP contribution in [0.15, 0.2) is 30.3 Å². The van der Waals surface area contributed by atoms with Gasteiger partial charge in [-0.05, 0) is 48.9 Å². The lowest BCUT2D eigenvalue weighted by atomic mass is 9.90. The predicted molar refractivity (Wildman–Crippen MR) is 115 cm³/mol. The van der Waals surface area contributed by atoms with Crippen LogP contribution in [0, 0.1) is 17.6 Å². The molecule has 2 unspecified atom stereocenters. The fourth-order valence-electron chi connectivity index (χ4n) is 4.38. The van der Waals surface area contributed by atoms with Crippen LogP contribution in [0.4, 0.5) is 24.8 Å². The van der Waals surface area contributed by atoms with Gasteiger partial charge in [-0.15, -0.1) is 0 Å². The Morgan fingerprint density at radius 2 is 1.91 bits per heavy atom. The zero-order valence-corrected chi connectivity index (χ0v) is 17.7. The number of nitrogens with zero attached hydrogens (tertiary/aromatic N) is 2. The first-order valence-corrected chi connectivity index (χ1v) is 10.9. The number of rotatable bonds is 7. The minimum atomic E-state index is -1.12. The van der Waals surface area contributed by atoms with E-state index in [1.165, 1.54) is 0 Å². The van der Waals surface area contributed by atoms with Crippen molar-refractivity contribution in [2.75, 3.05) is 43.1 Å². The standard InChI is InChI=1S/C23H27F3N4O2/c24-16-3-6-30(13-16)23-19(21(22(27)31)15-9-17(25)11-18(26)10-15)1-2-20(29-23)28-12-14-4-7-32-8-5-14/h1-2,9-11,14,16,21H,3-8,12-13H2,(H2,27,31)(H,28,29). The van der Waals surface area contributed by atoms with Gasteiger partial charge in [0.25, 0.3) is 0 Å². The monoisotopic (exact) mass is 448 g/mol. The number of ether oxygens (including phenoxy) is 1. The third kappa shape index (κ3) is 5.15. The number of nitrogens with one attached hydrogen (secondary N) is 1. The number of pyridine rings is 1. The molecule has 0 bridgehead atoms. The van der Waals surface area contributed by atoms with Crippen LogP contribution in [0.3, 0.4) is 0 Å². The second-order valence-electron chi connectivity index (χ2n) is 8.42. The lowest BCUT2D eigenvalue weighted by Crippen LogP contribution is -2.29. The average Bonchev–Trinajstić information content (AvgIpc) is 3.19. The number of anilines is 2. The smallest absolute Gasteiger partial charge is 0.229 e. The van der Waals surface area contributed by atoms with Gasteiger partial charge in [-0.3, -0.25) is 4.79 Å². The quantitative estimate of drug-likeness (QED) is 0.679. The van der Waals surface area contributed by atoms with Crippen molar-refractivity contribution in [2.45, 2.75) is 31.4 Å². The van der Waals surface area contributed by atoms with E-state index < -0.39 is 29.6 Å². The van der Waals surface area contributed by atoms with Gasteiger partial charge >= 0.3 is 0 Å². The molecule has 1 amide bonds. The molecule has 2 atom stereocenters. The number of primary amides is 1. The number of aromatic nitrogens is 1. The minimum absolute atomic E-state index is 0.0944. The molecule has 0 aliphatic carbocycles. The normalized spacial score (nSPS) is 20.3. The molecule has 4 rings (SSSR count). The fourth-order valence-corrected chi connectivity index (χ4v) is 4.38. The van der Waals surface area contributed by atoms with E-state index in [9.17, 15) is 18.0 Å². The molecule has 3 heterocycles. The van der Waals surface area contributed by atoms with Crippen molar-refractivity contribution in [1.29, 1.82) is 0 Å². The molecule has 9 heteroatoms. The van der Waals surface area contributed by atoms with Crippen LogP contribution < -0.4 is 16.0 Å². The lowest BCUT2D eigenvalue weighted by Gasteiger charge is -2.26. The molecule has 0 spiro atoms. The average molecular weight is 448 g/mol. The highest BCUT2D eigenvalue weighted by atomic mass is 19.1. The molecule has 32 heavy (non-hydrogen) atoms. The summed E-state index contributed by atoms with van der Waals surface area (Å²) in [5, 5.41) is 3.32. The van der Waals surface area contributed by atoms with Gasteiger partial charge in [-0.2, -0.15) is 0 Å². The van der Waals surface area contributed by atoms with Crippen LogP contribution in [0.2, 0.25) is 0 Å². The molecule has 3 N–H and O–H groups in total. The Balaban J connectivity index is 1.68. The predicted octanol–water partition coefficient (Wildman–Crippen LogP) is 3.36. The number of carbonyl (C=O) groups is 1. The van der Waals surface area contributed by atoms with E-state index in [1.54, 1.807) is 17.0 Å². The van der Waals surface area contributed by atoms with E-state index in [1.807, 2.05) is 0 Å². The number of alkyl halides is 1. The first-order valence-electron chi connectivity index (χ1n) is 10.9.